The Morgan fingerprint density at radius 1 is 1.00 bits per heavy atom. The van der Waals surface area contributed by atoms with Gasteiger partial charge in [-0.15, -0.1) is 0 Å². The Balaban J connectivity index is 1.46. The van der Waals surface area contributed by atoms with Crippen molar-refractivity contribution in [3.05, 3.63) is 59.4 Å². The lowest BCUT2D eigenvalue weighted by molar-refractivity contribution is -0.0670. The van der Waals surface area contributed by atoms with E-state index in [1.807, 2.05) is 12.4 Å². The molecule has 0 spiro atoms. The second-order valence-corrected chi connectivity index (χ2v) is 9.75. The molecule has 26 heavy (non-hydrogen) atoms. The standard InChI is InChI=1S/C23H27ClN2/c1-26(21-6-8-25-9-7-21)16-22-11-17-10-18(12-22)14-23(13-17,15-22)19-2-4-20(24)5-3-19/h2-9,17-18H,10-16H2,1H3. The molecule has 4 fully saturated rings. The minimum atomic E-state index is 0.383. The van der Waals surface area contributed by atoms with Gasteiger partial charge in [0.05, 0.1) is 0 Å². The zero-order valence-electron chi connectivity index (χ0n) is 15.5. The Labute approximate surface area is 161 Å². The zero-order valence-corrected chi connectivity index (χ0v) is 16.3. The highest BCUT2D eigenvalue weighted by Gasteiger charge is 2.58. The van der Waals surface area contributed by atoms with Gasteiger partial charge in [-0.2, -0.15) is 0 Å². The molecular formula is C23H27ClN2. The Kier molecular flexibility index (Phi) is 3.83. The molecule has 0 aliphatic heterocycles. The lowest BCUT2D eigenvalue weighted by atomic mass is 9.43. The fourth-order valence-electron chi connectivity index (χ4n) is 6.97. The number of nitrogens with zero attached hydrogens (tertiary/aromatic N) is 2. The van der Waals surface area contributed by atoms with Crippen molar-refractivity contribution in [3.63, 3.8) is 0 Å². The molecule has 2 unspecified atom stereocenters. The van der Waals surface area contributed by atoms with Crippen LogP contribution in [0, 0.1) is 17.3 Å². The summed E-state index contributed by atoms with van der Waals surface area (Å²) < 4.78 is 0. The topological polar surface area (TPSA) is 16.1 Å². The second-order valence-electron chi connectivity index (χ2n) is 9.31. The van der Waals surface area contributed by atoms with Crippen LogP contribution in [0.3, 0.4) is 0 Å². The third kappa shape index (κ3) is 2.74. The number of hydrogen-bond donors (Lipinski definition) is 0. The summed E-state index contributed by atoms with van der Waals surface area (Å²) in [6.45, 7) is 1.17. The minimum absolute atomic E-state index is 0.383. The molecule has 4 aliphatic rings. The van der Waals surface area contributed by atoms with Gasteiger partial charge in [0.2, 0.25) is 0 Å². The molecule has 136 valence electrons. The molecule has 4 bridgehead atoms. The largest absolute Gasteiger partial charge is 0.374 e. The molecule has 0 radical (unpaired) electrons. The van der Waals surface area contributed by atoms with Gasteiger partial charge in [0.1, 0.15) is 0 Å². The molecule has 1 aromatic carbocycles. The van der Waals surface area contributed by atoms with E-state index >= 15 is 0 Å². The molecule has 2 nitrogen and oxygen atoms in total. The van der Waals surface area contributed by atoms with Gasteiger partial charge in [0.15, 0.2) is 0 Å². The van der Waals surface area contributed by atoms with E-state index in [4.69, 9.17) is 11.6 Å². The molecule has 2 aromatic rings. The van der Waals surface area contributed by atoms with Crippen LogP contribution in [0.2, 0.25) is 5.02 Å². The molecule has 0 amide bonds. The number of pyridine rings is 1. The van der Waals surface area contributed by atoms with Crippen molar-refractivity contribution >= 4 is 17.3 Å². The number of rotatable bonds is 4. The van der Waals surface area contributed by atoms with Crippen molar-refractivity contribution < 1.29 is 0 Å². The first kappa shape index (κ1) is 16.6. The molecule has 0 saturated heterocycles. The smallest absolute Gasteiger partial charge is 0.0406 e. The van der Waals surface area contributed by atoms with E-state index < -0.39 is 0 Å². The third-order valence-corrected chi connectivity index (χ3v) is 7.57. The first-order valence-electron chi connectivity index (χ1n) is 9.93. The first-order chi connectivity index (χ1) is 12.6. The second kappa shape index (κ2) is 5.99. The Morgan fingerprint density at radius 3 is 2.31 bits per heavy atom. The summed E-state index contributed by atoms with van der Waals surface area (Å²) in [4.78, 5) is 6.64. The van der Waals surface area contributed by atoms with Crippen LogP contribution < -0.4 is 4.90 Å². The van der Waals surface area contributed by atoms with Gasteiger partial charge in [-0.05, 0) is 91.0 Å². The maximum Gasteiger partial charge on any atom is 0.0406 e. The van der Waals surface area contributed by atoms with Crippen LogP contribution in [0.15, 0.2) is 48.8 Å². The minimum Gasteiger partial charge on any atom is -0.374 e. The summed E-state index contributed by atoms with van der Waals surface area (Å²) in [5.41, 5.74) is 3.67. The van der Waals surface area contributed by atoms with Crippen LogP contribution in [-0.4, -0.2) is 18.6 Å². The number of hydrogen-bond acceptors (Lipinski definition) is 2. The highest BCUT2D eigenvalue weighted by Crippen LogP contribution is 2.65. The summed E-state index contributed by atoms with van der Waals surface area (Å²) in [6.07, 6.45) is 12.2. The Hall–Kier alpha value is -1.54. The third-order valence-electron chi connectivity index (χ3n) is 7.31. The molecule has 6 rings (SSSR count). The highest BCUT2D eigenvalue weighted by atomic mass is 35.5. The predicted octanol–water partition coefficient (Wildman–Crippen LogP) is 5.71. The van der Waals surface area contributed by atoms with Crippen molar-refractivity contribution in [2.75, 3.05) is 18.5 Å². The maximum absolute atomic E-state index is 6.17. The summed E-state index contributed by atoms with van der Waals surface area (Å²) in [6, 6.07) is 13.0. The summed E-state index contributed by atoms with van der Waals surface area (Å²) in [5, 5.41) is 0.852. The number of aromatic nitrogens is 1. The van der Waals surface area contributed by atoms with Crippen LogP contribution in [0.25, 0.3) is 0 Å². The van der Waals surface area contributed by atoms with E-state index in [0.717, 1.165) is 16.9 Å². The average Bonchev–Trinajstić information content (AvgIpc) is 2.61. The average molecular weight is 367 g/mol. The molecule has 1 aromatic heterocycles. The summed E-state index contributed by atoms with van der Waals surface area (Å²) in [7, 11) is 2.25. The lowest BCUT2D eigenvalue weighted by Gasteiger charge is -2.63. The van der Waals surface area contributed by atoms with Gasteiger partial charge >= 0.3 is 0 Å². The molecule has 4 saturated carbocycles. The van der Waals surface area contributed by atoms with Crippen LogP contribution in [0.1, 0.15) is 44.1 Å². The van der Waals surface area contributed by atoms with E-state index in [2.05, 4.69) is 53.3 Å². The number of benzene rings is 1. The van der Waals surface area contributed by atoms with Crippen molar-refractivity contribution in [2.24, 2.45) is 17.3 Å². The van der Waals surface area contributed by atoms with E-state index in [0.29, 0.717) is 10.8 Å². The maximum atomic E-state index is 6.17. The van der Waals surface area contributed by atoms with Crippen molar-refractivity contribution in [3.8, 4) is 0 Å². The van der Waals surface area contributed by atoms with Crippen LogP contribution in [0.4, 0.5) is 5.69 Å². The van der Waals surface area contributed by atoms with Gasteiger partial charge in [0, 0.05) is 36.7 Å². The van der Waals surface area contributed by atoms with Gasteiger partial charge < -0.3 is 4.90 Å². The van der Waals surface area contributed by atoms with Crippen LogP contribution in [-0.2, 0) is 5.41 Å². The molecule has 0 N–H and O–H groups in total. The van der Waals surface area contributed by atoms with Gasteiger partial charge in [-0.25, -0.2) is 0 Å². The summed E-state index contributed by atoms with van der Waals surface area (Å²) >= 11 is 6.17. The van der Waals surface area contributed by atoms with Crippen molar-refractivity contribution in [2.45, 2.75) is 43.9 Å². The van der Waals surface area contributed by atoms with Gasteiger partial charge in [0.25, 0.3) is 0 Å². The number of anilines is 1. The fourth-order valence-corrected chi connectivity index (χ4v) is 7.10. The van der Waals surface area contributed by atoms with Crippen molar-refractivity contribution in [1.29, 1.82) is 0 Å². The van der Waals surface area contributed by atoms with E-state index in [1.165, 1.54) is 56.3 Å². The zero-order chi connectivity index (χ0) is 17.8. The predicted molar refractivity (Wildman–Crippen MR) is 108 cm³/mol. The molecule has 2 atom stereocenters. The first-order valence-corrected chi connectivity index (χ1v) is 10.3. The van der Waals surface area contributed by atoms with E-state index in [-0.39, 0.29) is 0 Å². The monoisotopic (exact) mass is 366 g/mol. The van der Waals surface area contributed by atoms with Crippen LogP contribution >= 0.6 is 11.6 Å². The summed E-state index contributed by atoms with van der Waals surface area (Å²) in [5.74, 6) is 1.80. The molecule has 3 heteroatoms. The van der Waals surface area contributed by atoms with Crippen LogP contribution in [0.5, 0.6) is 0 Å². The number of halogens is 1. The molecule has 1 heterocycles. The van der Waals surface area contributed by atoms with E-state index in [9.17, 15) is 0 Å². The highest BCUT2D eigenvalue weighted by molar-refractivity contribution is 6.30. The van der Waals surface area contributed by atoms with E-state index in [1.54, 1.807) is 0 Å². The fraction of sp³-hybridized carbons (Fsp3) is 0.522. The normalized spacial score (nSPS) is 34.8. The quantitative estimate of drug-likeness (QED) is 0.689. The van der Waals surface area contributed by atoms with Crippen molar-refractivity contribution in [1.82, 2.24) is 4.98 Å². The SMILES string of the molecule is CN(CC12CC3CC(C1)CC(c1ccc(Cl)cc1)(C3)C2)c1ccncc1. The Bertz CT molecular complexity index is 772. The Morgan fingerprint density at radius 2 is 1.65 bits per heavy atom. The lowest BCUT2D eigenvalue weighted by Crippen LogP contribution is -2.57. The van der Waals surface area contributed by atoms with Gasteiger partial charge in [-0.1, -0.05) is 23.7 Å². The molecular weight excluding hydrogens is 340 g/mol. The van der Waals surface area contributed by atoms with Gasteiger partial charge in [-0.3, -0.25) is 4.98 Å². The molecule has 4 aliphatic carbocycles.